The van der Waals surface area contributed by atoms with Crippen LogP contribution in [0, 0.1) is 0 Å². The molecule has 104 valence electrons. The summed E-state index contributed by atoms with van der Waals surface area (Å²) >= 11 is 0. The molecule has 0 aromatic heterocycles. The molecule has 1 aromatic rings. The Balaban J connectivity index is 2.24. The van der Waals surface area contributed by atoms with Gasteiger partial charge in [0, 0.05) is 6.54 Å². The van der Waals surface area contributed by atoms with Crippen LogP contribution < -0.4 is 10.1 Å². The molecule has 0 radical (unpaired) electrons. The van der Waals surface area contributed by atoms with Crippen molar-refractivity contribution in [3.63, 3.8) is 0 Å². The van der Waals surface area contributed by atoms with Gasteiger partial charge in [-0.1, -0.05) is 38.3 Å². The van der Waals surface area contributed by atoms with Gasteiger partial charge in [0.1, 0.15) is 5.75 Å². The number of amides is 1. The third kappa shape index (κ3) is 6.04. The first-order valence-electron chi connectivity index (χ1n) is 6.71. The second-order valence-corrected chi connectivity index (χ2v) is 4.35. The molecular weight excluding hydrogens is 242 g/mol. The number of aldehydes is 1. The number of ether oxygens (including phenoxy) is 1. The van der Waals surface area contributed by atoms with Crippen LogP contribution in [0.5, 0.6) is 5.75 Å². The van der Waals surface area contributed by atoms with E-state index in [1.165, 1.54) is 12.8 Å². The number of nitrogens with one attached hydrogen (secondary N) is 1. The molecule has 1 aromatic carbocycles. The van der Waals surface area contributed by atoms with E-state index in [1.54, 1.807) is 24.3 Å². The van der Waals surface area contributed by atoms with Crippen molar-refractivity contribution < 1.29 is 14.3 Å². The van der Waals surface area contributed by atoms with E-state index in [9.17, 15) is 9.59 Å². The standard InChI is InChI=1S/C15H21NO3/c1-2-3-4-7-10-16-15(18)12-19-14-9-6-5-8-13(14)11-17/h5-6,8-9,11H,2-4,7,10,12H2,1H3,(H,16,18). The maximum absolute atomic E-state index is 11.5. The summed E-state index contributed by atoms with van der Waals surface area (Å²) in [5, 5.41) is 2.80. The minimum absolute atomic E-state index is 0.0569. The molecule has 0 spiro atoms. The van der Waals surface area contributed by atoms with Gasteiger partial charge >= 0.3 is 0 Å². The first-order chi connectivity index (χ1) is 9.27. The van der Waals surface area contributed by atoms with Crippen molar-refractivity contribution >= 4 is 12.2 Å². The van der Waals surface area contributed by atoms with Crippen LogP contribution in [0.1, 0.15) is 43.0 Å². The van der Waals surface area contributed by atoms with Crippen molar-refractivity contribution in [2.75, 3.05) is 13.2 Å². The molecule has 0 unspecified atom stereocenters. The van der Waals surface area contributed by atoms with E-state index in [0.29, 0.717) is 17.9 Å². The summed E-state index contributed by atoms with van der Waals surface area (Å²) in [6, 6.07) is 6.86. The fourth-order valence-electron chi connectivity index (χ4n) is 1.68. The van der Waals surface area contributed by atoms with Crippen LogP contribution in [-0.4, -0.2) is 25.3 Å². The Hall–Kier alpha value is -1.84. The predicted molar refractivity (Wildman–Crippen MR) is 74.5 cm³/mol. The maximum atomic E-state index is 11.5. The highest BCUT2D eigenvalue weighted by Gasteiger charge is 2.05. The molecule has 0 fully saturated rings. The van der Waals surface area contributed by atoms with Crippen LogP contribution in [0.3, 0.4) is 0 Å². The van der Waals surface area contributed by atoms with Gasteiger partial charge in [-0.25, -0.2) is 0 Å². The summed E-state index contributed by atoms with van der Waals surface area (Å²) in [4.78, 5) is 22.3. The highest BCUT2D eigenvalue weighted by atomic mass is 16.5. The maximum Gasteiger partial charge on any atom is 0.257 e. The van der Waals surface area contributed by atoms with Crippen LogP contribution in [-0.2, 0) is 4.79 Å². The lowest BCUT2D eigenvalue weighted by Gasteiger charge is -2.08. The molecule has 19 heavy (non-hydrogen) atoms. The summed E-state index contributed by atoms with van der Waals surface area (Å²) in [7, 11) is 0. The second kappa shape index (κ2) is 9.14. The largest absolute Gasteiger partial charge is 0.483 e. The summed E-state index contributed by atoms with van der Waals surface area (Å²) < 4.78 is 5.32. The fraction of sp³-hybridized carbons (Fsp3) is 0.467. The molecule has 4 nitrogen and oxygen atoms in total. The number of hydrogen-bond acceptors (Lipinski definition) is 3. The fourth-order valence-corrected chi connectivity index (χ4v) is 1.68. The Kier molecular flexibility index (Phi) is 7.32. The van der Waals surface area contributed by atoms with E-state index in [-0.39, 0.29) is 12.5 Å². The molecule has 1 rings (SSSR count). The Labute approximate surface area is 114 Å². The number of carbonyl (C=O) groups is 2. The van der Waals surface area contributed by atoms with Crippen LogP contribution in [0.15, 0.2) is 24.3 Å². The average Bonchev–Trinajstić information content (AvgIpc) is 2.45. The summed E-state index contributed by atoms with van der Waals surface area (Å²) in [6.07, 6.45) is 5.22. The van der Waals surface area contributed by atoms with Crippen molar-refractivity contribution in [3.8, 4) is 5.75 Å². The Bertz CT molecular complexity index is 404. The molecule has 0 heterocycles. The van der Waals surface area contributed by atoms with Crippen LogP contribution in [0.25, 0.3) is 0 Å². The van der Waals surface area contributed by atoms with Crippen molar-refractivity contribution in [1.82, 2.24) is 5.32 Å². The molecule has 0 bridgehead atoms. The number of hydrogen-bond donors (Lipinski definition) is 1. The van der Waals surface area contributed by atoms with E-state index in [2.05, 4.69) is 12.2 Å². The number of unbranched alkanes of at least 4 members (excludes halogenated alkanes) is 3. The van der Waals surface area contributed by atoms with Crippen molar-refractivity contribution in [2.45, 2.75) is 32.6 Å². The minimum Gasteiger partial charge on any atom is -0.483 e. The van der Waals surface area contributed by atoms with Crippen LogP contribution in [0.4, 0.5) is 0 Å². The zero-order chi connectivity index (χ0) is 13.9. The Morgan fingerprint density at radius 3 is 2.79 bits per heavy atom. The predicted octanol–water partition coefficient (Wildman–Crippen LogP) is 2.57. The lowest BCUT2D eigenvalue weighted by molar-refractivity contribution is -0.123. The van der Waals surface area contributed by atoms with Gasteiger partial charge in [-0.2, -0.15) is 0 Å². The van der Waals surface area contributed by atoms with E-state index in [1.807, 2.05) is 0 Å². The van der Waals surface area contributed by atoms with E-state index >= 15 is 0 Å². The number of carbonyl (C=O) groups excluding carboxylic acids is 2. The number of rotatable bonds is 9. The monoisotopic (exact) mass is 263 g/mol. The first kappa shape index (κ1) is 15.2. The smallest absolute Gasteiger partial charge is 0.257 e. The van der Waals surface area contributed by atoms with Gasteiger partial charge in [0.05, 0.1) is 5.56 Å². The van der Waals surface area contributed by atoms with Crippen LogP contribution in [0.2, 0.25) is 0 Å². The summed E-state index contributed by atoms with van der Waals surface area (Å²) in [6.45, 7) is 2.77. The minimum atomic E-state index is -0.155. The highest BCUT2D eigenvalue weighted by Crippen LogP contribution is 2.15. The van der Waals surface area contributed by atoms with Crippen LogP contribution >= 0.6 is 0 Å². The summed E-state index contributed by atoms with van der Waals surface area (Å²) in [5.41, 5.74) is 0.457. The molecule has 0 saturated heterocycles. The third-order valence-corrected chi connectivity index (χ3v) is 2.76. The lowest BCUT2D eigenvalue weighted by atomic mass is 10.2. The zero-order valence-electron chi connectivity index (χ0n) is 11.4. The molecule has 0 aliphatic carbocycles. The van der Waals surface area contributed by atoms with Gasteiger partial charge in [-0.15, -0.1) is 0 Å². The average molecular weight is 263 g/mol. The second-order valence-electron chi connectivity index (χ2n) is 4.35. The zero-order valence-corrected chi connectivity index (χ0v) is 11.4. The Morgan fingerprint density at radius 1 is 1.26 bits per heavy atom. The van der Waals surface area contributed by atoms with Gasteiger partial charge < -0.3 is 10.1 Å². The molecular formula is C15H21NO3. The summed E-state index contributed by atoms with van der Waals surface area (Å²) in [5.74, 6) is 0.288. The van der Waals surface area contributed by atoms with E-state index in [4.69, 9.17) is 4.74 Å². The molecule has 0 atom stereocenters. The van der Waals surface area contributed by atoms with Crippen molar-refractivity contribution in [1.29, 1.82) is 0 Å². The molecule has 0 aliphatic heterocycles. The van der Waals surface area contributed by atoms with Gasteiger partial charge in [-0.3, -0.25) is 9.59 Å². The lowest BCUT2D eigenvalue weighted by Crippen LogP contribution is -2.29. The molecule has 1 amide bonds. The molecule has 4 heteroatoms. The van der Waals surface area contributed by atoms with Gasteiger partial charge in [-0.05, 0) is 18.6 Å². The SMILES string of the molecule is CCCCCCNC(=O)COc1ccccc1C=O. The third-order valence-electron chi connectivity index (χ3n) is 2.76. The quantitative estimate of drug-likeness (QED) is 0.550. The molecule has 0 saturated carbocycles. The Morgan fingerprint density at radius 2 is 2.05 bits per heavy atom. The van der Waals surface area contributed by atoms with E-state index in [0.717, 1.165) is 19.1 Å². The molecule has 1 N–H and O–H groups in total. The normalized spacial score (nSPS) is 9.95. The first-order valence-corrected chi connectivity index (χ1v) is 6.71. The van der Waals surface area contributed by atoms with E-state index < -0.39 is 0 Å². The number of benzene rings is 1. The van der Waals surface area contributed by atoms with Crippen molar-refractivity contribution in [3.05, 3.63) is 29.8 Å². The van der Waals surface area contributed by atoms with Crippen molar-refractivity contribution in [2.24, 2.45) is 0 Å². The number of para-hydroxylation sites is 1. The molecule has 0 aliphatic rings. The highest BCUT2D eigenvalue weighted by molar-refractivity contribution is 5.80. The topological polar surface area (TPSA) is 55.4 Å². The van der Waals surface area contributed by atoms with Gasteiger partial charge in [0.15, 0.2) is 12.9 Å². The van der Waals surface area contributed by atoms with Gasteiger partial charge in [0.25, 0.3) is 5.91 Å². The van der Waals surface area contributed by atoms with Gasteiger partial charge in [0.2, 0.25) is 0 Å².